The van der Waals surface area contributed by atoms with Crippen molar-refractivity contribution in [3.05, 3.63) is 64.5 Å². The number of hydrogen-bond acceptors (Lipinski definition) is 3. The summed E-state index contributed by atoms with van der Waals surface area (Å²) in [5.41, 5.74) is 4.33. The van der Waals surface area contributed by atoms with E-state index in [0.717, 1.165) is 27.1 Å². The molecule has 2 aromatic carbocycles. The highest BCUT2D eigenvalue weighted by molar-refractivity contribution is 7.14. The summed E-state index contributed by atoms with van der Waals surface area (Å²) in [6.07, 6.45) is 0. The van der Waals surface area contributed by atoms with E-state index in [1.165, 1.54) is 5.56 Å². The molecule has 1 N–H and O–H groups in total. The molecule has 1 heterocycles. The summed E-state index contributed by atoms with van der Waals surface area (Å²) in [5.74, 6) is 0. The van der Waals surface area contributed by atoms with Crippen LogP contribution in [-0.4, -0.2) is 4.98 Å². The van der Waals surface area contributed by atoms with Gasteiger partial charge in [0.25, 0.3) is 0 Å². The van der Waals surface area contributed by atoms with E-state index >= 15 is 0 Å². The molecule has 0 radical (unpaired) electrons. The second kappa shape index (κ2) is 7.07. The molecule has 0 unspecified atom stereocenters. The van der Waals surface area contributed by atoms with Gasteiger partial charge in [-0.25, -0.2) is 4.98 Å². The van der Waals surface area contributed by atoms with Crippen LogP contribution in [0, 0.1) is 6.92 Å². The summed E-state index contributed by atoms with van der Waals surface area (Å²) in [6, 6.07) is 16.0. The minimum Gasteiger partial charge on any atom is -1.00 e. The minimum atomic E-state index is 0. The predicted molar refractivity (Wildman–Crippen MR) is 87.0 cm³/mol. The van der Waals surface area contributed by atoms with E-state index in [0.29, 0.717) is 0 Å². The minimum absolute atomic E-state index is 0. The molecular weight excluding hydrogens is 368 g/mol. The van der Waals surface area contributed by atoms with Crippen LogP contribution in [0.1, 0.15) is 5.56 Å². The van der Waals surface area contributed by atoms with Crippen molar-refractivity contribution in [1.29, 1.82) is 0 Å². The first-order valence-electron chi connectivity index (χ1n) is 6.26. The average molecular weight is 381 g/mol. The summed E-state index contributed by atoms with van der Waals surface area (Å²) in [6.45, 7) is 2.08. The monoisotopic (exact) mass is 379 g/mol. The number of benzene rings is 2. The lowest BCUT2D eigenvalue weighted by molar-refractivity contribution is -0.00000390. The van der Waals surface area contributed by atoms with E-state index < -0.39 is 0 Å². The van der Waals surface area contributed by atoms with E-state index in [-0.39, 0.29) is 17.0 Å². The maximum atomic E-state index is 5.89. The van der Waals surface area contributed by atoms with Gasteiger partial charge in [-0.05, 0) is 31.2 Å². The van der Waals surface area contributed by atoms with E-state index in [2.05, 4.69) is 41.5 Å². The number of halogens is 2. The number of aryl methyl sites for hydroxylation is 1. The Morgan fingerprint density at radius 1 is 1.00 bits per heavy atom. The van der Waals surface area contributed by atoms with Crippen molar-refractivity contribution < 1.29 is 17.0 Å². The van der Waals surface area contributed by atoms with Gasteiger partial charge in [0.05, 0.1) is 5.69 Å². The van der Waals surface area contributed by atoms with Crippen molar-refractivity contribution >= 4 is 33.8 Å². The Bertz CT molecular complexity index is 708. The van der Waals surface area contributed by atoms with Gasteiger partial charge in [0.2, 0.25) is 0 Å². The lowest BCUT2D eigenvalue weighted by Crippen LogP contribution is -3.00. The molecule has 0 fully saturated rings. The van der Waals surface area contributed by atoms with Crippen molar-refractivity contribution in [2.45, 2.75) is 6.92 Å². The zero-order valence-corrected chi connectivity index (χ0v) is 14.5. The van der Waals surface area contributed by atoms with Gasteiger partial charge < -0.3 is 22.3 Å². The highest BCUT2D eigenvalue weighted by atomic mass is 79.9. The van der Waals surface area contributed by atoms with E-state index in [9.17, 15) is 0 Å². The molecule has 0 aliphatic heterocycles. The maximum Gasteiger partial charge on any atom is 0.187 e. The fourth-order valence-electron chi connectivity index (χ4n) is 1.84. The Morgan fingerprint density at radius 2 is 1.67 bits per heavy atom. The van der Waals surface area contributed by atoms with Gasteiger partial charge in [-0.1, -0.05) is 41.4 Å². The molecule has 0 bridgehead atoms. The molecule has 21 heavy (non-hydrogen) atoms. The Morgan fingerprint density at radius 3 is 2.33 bits per heavy atom. The quantitative estimate of drug-likeness (QED) is 0.755. The van der Waals surface area contributed by atoms with Crippen LogP contribution >= 0.6 is 22.9 Å². The molecule has 3 aromatic rings. The van der Waals surface area contributed by atoms with Crippen molar-refractivity contribution in [1.82, 2.24) is 4.98 Å². The fraction of sp³-hybridized carbons (Fsp3) is 0.0625. The molecule has 0 amide bonds. The van der Waals surface area contributed by atoms with Crippen molar-refractivity contribution in [3.8, 4) is 11.3 Å². The van der Waals surface area contributed by atoms with Crippen LogP contribution in [0.25, 0.3) is 11.3 Å². The zero-order valence-electron chi connectivity index (χ0n) is 11.3. The van der Waals surface area contributed by atoms with Crippen molar-refractivity contribution in [2.75, 3.05) is 5.32 Å². The summed E-state index contributed by atoms with van der Waals surface area (Å²) >= 11 is 7.49. The highest BCUT2D eigenvalue weighted by Crippen LogP contribution is 2.27. The number of aromatic nitrogens is 1. The fourth-order valence-corrected chi connectivity index (χ4v) is 2.71. The third-order valence-electron chi connectivity index (χ3n) is 2.95. The van der Waals surface area contributed by atoms with Gasteiger partial charge in [0.1, 0.15) is 0 Å². The Labute approximate surface area is 143 Å². The Kier molecular flexibility index (Phi) is 5.39. The molecule has 0 aliphatic rings. The molecule has 0 spiro atoms. The summed E-state index contributed by atoms with van der Waals surface area (Å²) in [4.78, 5) is 4.59. The molecule has 0 aliphatic carbocycles. The van der Waals surface area contributed by atoms with Crippen LogP contribution in [0.5, 0.6) is 0 Å². The molecule has 1 aromatic heterocycles. The number of anilines is 2. The second-order valence-corrected chi connectivity index (χ2v) is 5.83. The SMILES string of the molecule is Cc1ccc(Nc2nc(-c3ccc(Cl)cc3)cs2)cc1.[Br-]. The van der Waals surface area contributed by atoms with Gasteiger partial charge in [0.15, 0.2) is 5.13 Å². The number of hydrogen-bond donors (Lipinski definition) is 1. The normalized spacial score (nSPS) is 10.0. The average Bonchev–Trinajstić information content (AvgIpc) is 2.91. The first-order chi connectivity index (χ1) is 9.70. The standard InChI is InChI=1S/C16H13ClN2S.BrH/c1-11-2-8-14(9-3-11)18-16-19-15(10-20-16)12-4-6-13(17)7-5-12;/h2-10H,1H3,(H,18,19);1H/p-1. The Hall–Kier alpha value is -1.36. The summed E-state index contributed by atoms with van der Waals surface area (Å²) < 4.78 is 0. The van der Waals surface area contributed by atoms with Crippen LogP contribution in [0.4, 0.5) is 10.8 Å². The number of rotatable bonds is 3. The number of nitrogens with zero attached hydrogens (tertiary/aromatic N) is 1. The molecule has 0 saturated heterocycles. The van der Waals surface area contributed by atoms with E-state index in [1.54, 1.807) is 11.3 Å². The van der Waals surface area contributed by atoms with Crippen molar-refractivity contribution in [3.63, 3.8) is 0 Å². The largest absolute Gasteiger partial charge is 1.00 e. The van der Waals surface area contributed by atoms with Gasteiger partial charge in [-0.2, -0.15) is 0 Å². The third-order valence-corrected chi connectivity index (χ3v) is 3.96. The van der Waals surface area contributed by atoms with E-state index in [1.807, 2.05) is 29.6 Å². The number of thiazole rings is 1. The molecule has 3 rings (SSSR count). The van der Waals surface area contributed by atoms with Crippen LogP contribution in [0.15, 0.2) is 53.9 Å². The molecule has 0 saturated carbocycles. The maximum absolute atomic E-state index is 5.89. The first kappa shape index (κ1) is 16.0. The molecule has 0 atom stereocenters. The lowest BCUT2D eigenvalue weighted by atomic mass is 10.2. The first-order valence-corrected chi connectivity index (χ1v) is 7.52. The second-order valence-electron chi connectivity index (χ2n) is 4.54. The molecule has 5 heteroatoms. The Balaban J connectivity index is 0.00000161. The van der Waals surface area contributed by atoms with Crippen LogP contribution in [-0.2, 0) is 0 Å². The predicted octanol–water partition coefficient (Wildman–Crippen LogP) is 2.52. The highest BCUT2D eigenvalue weighted by Gasteiger charge is 2.04. The molecular formula is C16H13BrClN2S-. The van der Waals surface area contributed by atoms with Crippen LogP contribution < -0.4 is 22.3 Å². The van der Waals surface area contributed by atoms with Crippen LogP contribution in [0.3, 0.4) is 0 Å². The zero-order chi connectivity index (χ0) is 13.9. The third kappa shape index (κ3) is 4.06. The summed E-state index contributed by atoms with van der Waals surface area (Å²) in [5, 5.41) is 6.98. The molecule has 108 valence electrons. The van der Waals surface area contributed by atoms with Crippen molar-refractivity contribution in [2.24, 2.45) is 0 Å². The van der Waals surface area contributed by atoms with Gasteiger partial charge in [-0.3, -0.25) is 0 Å². The summed E-state index contributed by atoms with van der Waals surface area (Å²) in [7, 11) is 0. The van der Waals surface area contributed by atoms with E-state index in [4.69, 9.17) is 11.6 Å². The number of nitrogens with one attached hydrogen (secondary N) is 1. The lowest BCUT2D eigenvalue weighted by Gasteiger charge is -2.02. The van der Waals surface area contributed by atoms with Gasteiger partial charge >= 0.3 is 0 Å². The molecule has 2 nitrogen and oxygen atoms in total. The van der Waals surface area contributed by atoms with Gasteiger partial charge in [-0.15, -0.1) is 11.3 Å². The smallest absolute Gasteiger partial charge is 0.187 e. The van der Waals surface area contributed by atoms with Gasteiger partial charge in [0, 0.05) is 21.7 Å². The topological polar surface area (TPSA) is 24.9 Å². The van der Waals surface area contributed by atoms with Crippen LogP contribution in [0.2, 0.25) is 5.02 Å².